The number of allylic oxidation sites excluding steroid dienone is 1. The number of anilines is 2. The van der Waals surface area contributed by atoms with Crippen LogP contribution in [-0.2, 0) is 0 Å². The summed E-state index contributed by atoms with van der Waals surface area (Å²) >= 11 is 0. The number of nitrogens with zero attached hydrogens (tertiary/aromatic N) is 2. The molecule has 0 radical (unpaired) electrons. The van der Waals surface area contributed by atoms with Gasteiger partial charge in [0.2, 0.25) is 5.95 Å². The highest BCUT2D eigenvalue weighted by atomic mass is 19.4. The highest BCUT2D eigenvalue weighted by Crippen LogP contribution is 2.28. The lowest BCUT2D eigenvalue weighted by Gasteiger charge is -2.32. The molecule has 7 nitrogen and oxygen atoms in total. The molecule has 3 atom stereocenters. The lowest BCUT2D eigenvalue weighted by atomic mass is 9.85. The van der Waals surface area contributed by atoms with E-state index in [0.29, 0.717) is 6.42 Å². The number of alkyl halides is 3. The number of primary amides is 1. The number of nitrogens with two attached hydrogens (primary N) is 1. The number of rotatable bonds is 5. The fraction of sp³-hybridized carbons (Fsp3) is 0.533. The zero-order valence-corrected chi connectivity index (χ0v) is 13.6. The molecular formula is C15H20F3N5O2. The third-order valence-electron chi connectivity index (χ3n) is 4.15. The largest absolute Gasteiger partial charge is 0.430 e. The van der Waals surface area contributed by atoms with E-state index < -0.39 is 23.9 Å². The molecule has 1 aliphatic rings. The second-order valence-corrected chi connectivity index (χ2v) is 6.12. The summed E-state index contributed by atoms with van der Waals surface area (Å²) in [6.45, 7) is 4.82. The number of hydrogen-bond acceptors (Lipinski definition) is 6. The van der Waals surface area contributed by atoms with Gasteiger partial charge in [0.25, 0.3) is 5.91 Å². The first-order valence-corrected chi connectivity index (χ1v) is 7.72. The summed E-state index contributed by atoms with van der Waals surface area (Å²) in [5.74, 6) is -0.994. The van der Waals surface area contributed by atoms with Crippen LogP contribution in [0.5, 0.6) is 0 Å². The number of aliphatic hydroxyl groups excluding tert-OH is 1. The van der Waals surface area contributed by atoms with Crippen LogP contribution in [0.4, 0.5) is 24.9 Å². The van der Waals surface area contributed by atoms with Crippen LogP contribution < -0.4 is 16.4 Å². The van der Waals surface area contributed by atoms with Crippen LogP contribution in [0.25, 0.3) is 0 Å². The summed E-state index contributed by atoms with van der Waals surface area (Å²) in [5, 5.41) is 14.9. The quantitative estimate of drug-likeness (QED) is 0.640. The van der Waals surface area contributed by atoms with Crippen molar-refractivity contribution in [1.82, 2.24) is 9.97 Å². The topological polar surface area (TPSA) is 113 Å². The van der Waals surface area contributed by atoms with E-state index in [2.05, 4.69) is 21.9 Å². The van der Waals surface area contributed by atoms with Crippen molar-refractivity contribution in [2.24, 2.45) is 11.7 Å². The molecule has 1 amide bonds. The lowest BCUT2D eigenvalue weighted by molar-refractivity contribution is -0.0899. The zero-order valence-electron chi connectivity index (χ0n) is 13.6. The van der Waals surface area contributed by atoms with Crippen molar-refractivity contribution < 1.29 is 23.1 Å². The summed E-state index contributed by atoms with van der Waals surface area (Å²) in [6.07, 6.45) is -2.19. The summed E-state index contributed by atoms with van der Waals surface area (Å²) in [7, 11) is 0. The number of nitrogens with one attached hydrogen (secondary N) is 2. The van der Waals surface area contributed by atoms with E-state index in [1.54, 1.807) is 0 Å². The molecule has 1 aromatic rings. The highest BCUT2D eigenvalue weighted by molar-refractivity contribution is 5.97. The van der Waals surface area contributed by atoms with E-state index in [1.807, 2.05) is 12.2 Å². The Balaban J connectivity index is 2.20. The smallest absolute Gasteiger partial charge is 0.393 e. The molecular weight excluding hydrogens is 339 g/mol. The summed E-state index contributed by atoms with van der Waals surface area (Å²) < 4.78 is 37.7. The van der Waals surface area contributed by atoms with E-state index in [9.17, 15) is 23.1 Å². The van der Waals surface area contributed by atoms with E-state index in [4.69, 9.17) is 5.73 Å². The van der Waals surface area contributed by atoms with Gasteiger partial charge in [0.1, 0.15) is 11.5 Å². The molecule has 10 heteroatoms. The Morgan fingerprint density at radius 2 is 2.12 bits per heavy atom. The first-order valence-electron chi connectivity index (χ1n) is 7.72. The SMILES string of the molecule is C=C(Nc1ncc(C(N)=O)c(N[C@@H]2CC[C@@H](C)[C@H](O)C2)n1)C(F)(F)F. The summed E-state index contributed by atoms with van der Waals surface area (Å²) in [5.41, 5.74) is 3.99. The maximum absolute atomic E-state index is 12.6. The minimum absolute atomic E-state index is 0.0201. The minimum atomic E-state index is -4.65. The molecule has 0 bridgehead atoms. The molecule has 1 aliphatic carbocycles. The first-order chi connectivity index (χ1) is 11.6. The molecule has 5 N–H and O–H groups in total. The molecule has 1 fully saturated rings. The van der Waals surface area contributed by atoms with E-state index in [0.717, 1.165) is 19.0 Å². The van der Waals surface area contributed by atoms with E-state index in [-0.39, 0.29) is 29.3 Å². The number of amides is 1. The fourth-order valence-electron chi connectivity index (χ4n) is 2.56. The van der Waals surface area contributed by atoms with Crippen LogP contribution in [-0.4, -0.2) is 39.3 Å². The third-order valence-corrected chi connectivity index (χ3v) is 4.15. The van der Waals surface area contributed by atoms with Crippen molar-refractivity contribution in [2.45, 2.75) is 44.5 Å². The Morgan fingerprint density at radius 1 is 1.44 bits per heavy atom. The van der Waals surface area contributed by atoms with E-state index in [1.165, 1.54) is 0 Å². The number of aliphatic hydroxyl groups is 1. The van der Waals surface area contributed by atoms with Gasteiger partial charge in [0, 0.05) is 12.2 Å². The van der Waals surface area contributed by atoms with Gasteiger partial charge in [0.15, 0.2) is 0 Å². The Kier molecular flexibility index (Phi) is 5.51. The first kappa shape index (κ1) is 19.0. The maximum atomic E-state index is 12.6. The van der Waals surface area contributed by atoms with Gasteiger partial charge in [-0.1, -0.05) is 13.5 Å². The van der Waals surface area contributed by atoms with Gasteiger partial charge in [-0.3, -0.25) is 4.79 Å². The van der Waals surface area contributed by atoms with Gasteiger partial charge in [-0.2, -0.15) is 18.2 Å². The molecule has 1 saturated carbocycles. The van der Waals surface area contributed by atoms with Crippen molar-refractivity contribution in [1.29, 1.82) is 0 Å². The van der Waals surface area contributed by atoms with Gasteiger partial charge in [0.05, 0.1) is 11.7 Å². The number of aromatic nitrogens is 2. The molecule has 2 rings (SSSR count). The van der Waals surface area contributed by atoms with Crippen LogP contribution >= 0.6 is 0 Å². The predicted molar refractivity (Wildman–Crippen MR) is 85.8 cm³/mol. The van der Waals surface area contributed by atoms with Crippen LogP contribution in [0.3, 0.4) is 0 Å². The molecule has 0 aromatic carbocycles. The van der Waals surface area contributed by atoms with Gasteiger partial charge in [-0.05, 0) is 25.2 Å². The second kappa shape index (κ2) is 7.26. The van der Waals surface area contributed by atoms with Crippen molar-refractivity contribution in [3.05, 3.63) is 24.0 Å². The van der Waals surface area contributed by atoms with Crippen LogP contribution in [0, 0.1) is 5.92 Å². The lowest BCUT2D eigenvalue weighted by Crippen LogP contribution is -2.35. The number of hydrogen-bond donors (Lipinski definition) is 4. The molecule has 0 unspecified atom stereocenters. The van der Waals surface area contributed by atoms with Crippen LogP contribution in [0.1, 0.15) is 36.5 Å². The summed E-state index contributed by atoms with van der Waals surface area (Å²) in [4.78, 5) is 19.1. The van der Waals surface area contributed by atoms with E-state index >= 15 is 0 Å². The number of carbonyl (C=O) groups is 1. The van der Waals surface area contributed by atoms with Gasteiger partial charge < -0.3 is 21.5 Å². The third kappa shape index (κ3) is 4.81. The van der Waals surface area contributed by atoms with Crippen molar-refractivity contribution >= 4 is 17.7 Å². The fourth-order valence-corrected chi connectivity index (χ4v) is 2.56. The summed E-state index contributed by atoms with van der Waals surface area (Å²) in [6, 6.07) is -0.183. The molecule has 1 heterocycles. The van der Waals surface area contributed by atoms with Gasteiger partial charge in [-0.15, -0.1) is 0 Å². The highest BCUT2D eigenvalue weighted by Gasteiger charge is 2.33. The number of halogens is 3. The zero-order chi connectivity index (χ0) is 18.8. The molecule has 138 valence electrons. The Bertz CT molecular complexity index is 665. The normalized spacial score (nSPS) is 23.8. The maximum Gasteiger partial charge on any atom is 0.430 e. The second-order valence-electron chi connectivity index (χ2n) is 6.12. The predicted octanol–water partition coefficient (Wildman–Crippen LogP) is 2.02. The molecule has 0 saturated heterocycles. The van der Waals surface area contributed by atoms with Gasteiger partial charge >= 0.3 is 6.18 Å². The minimum Gasteiger partial charge on any atom is -0.393 e. The Labute approximate surface area is 142 Å². The standard InChI is InChI=1S/C15H20F3N5O2/c1-7-3-4-9(5-11(7)24)22-13-10(12(19)25)6-20-14(23-13)21-8(2)15(16,17)18/h6-7,9,11,24H,2-5H2,1H3,(H2,19,25)(H2,20,21,22,23)/t7-,9-,11-/m1/s1. The Hall–Kier alpha value is -2.36. The van der Waals surface area contributed by atoms with Crippen molar-refractivity contribution in [3.63, 3.8) is 0 Å². The van der Waals surface area contributed by atoms with Crippen LogP contribution in [0.15, 0.2) is 18.5 Å². The molecule has 0 aliphatic heterocycles. The average molecular weight is 359 g/mol. The molecule has 25 heavy (non-hydrogen) atoms. The van der Waals surface area contributed by atoms with Crippen LogP contribution in [0.2, 0.25) is 0 Å². The van der Waals surface area contributed by atoms with Crippen molar-refractivity contribution in [3.8, 4) is 0 Å². The number of carbonyl (C=O) groups excluding carboxylic acids is 1. The Morgan fingerprint density at radius 3 is 2.68 bits per heavy atom. The van der Waals surface area contributed by atoms with Crippen molar-refractivity contribution in [2.75, 3.05) is 10.6 Å². The average Bonchev–Trinajstić information content (AvgIpc) is 2.50. The molecule has 0 spiro atoms. The monoisotopic (exact) mass is 359 g/mol. The van der Waals surface area contributed by atoms with Gasteiger partial charge in [-0.25, -0.2) is 4.98 Å². The molecule has 1 aromatic heterocycles.